The maximum atomic E-state index is 6.25. The van der Waals surface area contributed by atoms with E-state index >= 15 is 0 Å². The molecule has 1 aromatic carbocycles. The second-order valence-corrected chi connectivity index (χ2v) is 6.66. The molecule has 0 bridgehead atoms. The molecule has 0 aliphatic heterocycles. The van der Waals surface area contributed by atoms with Gasteiger partial charge in [0.15, 0.2) is 0 Å². The van der Waals surface area contributed by atoms with E-state index in [0.717, 1.165) is 25.6 Å². The van der Waals surface area contributed by atoms with Crippen molar-refractivity contribution in [1.82, 2.24) is 4.90 Å². The van der Waals surface area contributed by atoms with E-state index < -0.39 is 0 Å². The van der Waals surface area contributed by atoms with Gasteiger partial charge in [-0.2, -0.15) is 0 Å². The van der Waals surface area contributed by atoms with Gasteiger partial charge in [0.2, 0.25) is 0 Å². The molecule has 0 radical (unpaired) electrons. The molecule has 0 aromatic heterocycles. The van der Waals surface area contributed by atoms with Gasteiger partial charge >= 0.3 is 0 Å². The summed E-state index contributed by atoms with van der Waals surface area (Å²) in [5.41, 5.74) is 7.88. The Labute approximate surface area is 130 Å². The summed E-state index contributed by atoms with van der Waals surface area (Å²) in [5, 5.41) is 0. The van der Waals surface area contributed by atoms with Crippen molar-refractivity contribution in [3.05, 3.63) is 35.9 Å². The predicted molar refractivity (Wildman–Crippen MR) is 91.2 cm³/mol. The number of nitrogens with zero attached hydrogens (tertiary/aromatic N) is 1. The quantitative estimate of drug-likeness (QED) is 0.815. The first-order valence-corrected chi connectivity index (χ1v) is 8.73. The number of likely N-dealkylation sites (N-methyl/N-ethyl adjacent to an activating group) is 1. The molecule has 1 aliphatic rings. The van der Waals surface area contributed by atoms with Gasteiger partial charge in [0.1, 0.15) is 0 Å². The van der Waals surface area contributed by atoms with Crippen molar-refractivity contribution in [3.63, 3.8) is 0 Å². The lowest BCUT2D eigenvalue weighted by molar-refractivity contribution is 0.0384. The topological polar surface area (TPSA) is 29.3 Å². The van der Waals surface area contributed by atoms with E-state index in [1.807, 2.05) is 0 Å². The van der Waals surface area contributed by atoms with Gasteiger partial charge in [-0.1, -0.05) is 57.0 Å². The van der Waals surface area contributed by atoms with Crippen LogP contribution in [0.2, 0.25) is 0 Å². The lowest BCUT2D eigenvalue weighted by atomic mass is 9.74. The fraction of sp³-hybridized carbons (Fsp3) is 0.684. The molecule has 0 heterocycles. The fourth-order valence-corrected chi connectivity index (χ4v) is 3.98. The van der Waals surface area contributed by atoms with Crippen LogP contribution in [0.4, 0.5) is 0 Å². The summed E-state index contributed by atoms with van der Waals surface area (Å²) < 4.78 is 0. The van der Waals surface area contributed by atoms with Crippen LogP contribution in [-0.2, 0) is 6.54 Å². The Morgan fingerprint density at radius 2 is 1.81 bits per heavy atom. The highest BCUT2D eigenvalue weighted by Crippen LogP contribution is 2.38. The molecule has 0 amide bonds. The second kappa shape index (κ2) is 7.95. The largest absolute Gasteiger partial charge is 0.329 e. The molecule has 1 aliphatic carbocycles. The van der Waals surface area contributed by atoms with Gasteiger partial charge in [0.25, 0.3) is 0 Å². The van der Waals surface area contributed by atoms with E-state index in [9.17, 15) is 0 Å². The summed E-state index contributed by atoms with van der Waals surface area (Å²) in [6, 6.07) is 10.8. The normalized spacial score (nSPS) is 26.2. The Morgan fingerprint density at radius 3 is 2.33 bits per heavy atom. The molecule has 2 N–H and O–H groups in total. The minimum Gasteiger partial charge on any atom is -0.329 e. The SMILES string of the molecule is CCCC1CCC(CN)(N(CC)Cc2ccccc2)CC1. The third-order valence-corrected chi connectivity index (χ3v) is 5.38. The molecule has 118 valence electrons. The van der Waals surface area contributed by atoms with E-state index in [4.69, 9.17) is 5.73 Å². The third kappa shape index (κ3) is 4.08. The van der Waals surface area contributed by atoms with Gasteiger partial charge in [-0.25, -0.2) is 0 Å². The Morgan fingerprint density at radius 1 is 1.14 bits per heavy atom. The zero-order chi connectivity index (χ0) is 15.1. The molecule has 0 unspecified atom stereocenters. The van der Waals surface area contributed by atoms with Crippen LogP contribution in [0.1, 0.15) is 57.9 Å². The zero-order valence-corrected chi connectivity index (χ0v) is 13.9. The van der Waals surface area contributed by atoms with Crippen LogP contribution >= 0.6 is 0 Å². The zero-order valence-electron chi connectivity index (χ0n) is 13.9. The lowest BCUT2D eigenvalue weighted by Gasteiger charge is -2.47. The molecule has 1 fully saturated rings. The van der Waals surface area contributed by atoms with E-state index in [1.165, 1.54) is 44.1 Å². The Kier molecular flexibility index (Phi) is 6.25. The molecule has 2 rings (SSSR count). The average molecular weight is 288 g/mol. The van der Waals surface area contributed by atoms with Gasteiger partial charge in [-0.15, -0.1) is 0 Å². The first-order chi connectivity index (χ1) is 10.2. The van der Waals surface area contributed by atoms with Crippen LogP contribution in [0.3, 0.4) is 0 Å². The molecule has 0 atom stereocenters. The van der Waals surface area contributed by atoms with Crippen molar-refractivity contribution in [2.24, 2.45) is 11.7 Å². The standard InChI is InChI=1S/C19H32N2/c1-3-8-17-11-13-19(16-20,14-12-17)21(4-2)15-18-9-6-5-7-10-18/h5-7,9-10,17H,3-4,8,11-16,20H2,1-2H3. The van der Waals surface area contributed by atoms with Gasteiger partial charge in [-0.3, -0.25) is 4.90 Å². The molecule has 21 heavy (non-hydrogen) atoms. The van der Waals surface area contributed by atoms with E-state index in [0.29, 0.717) is 0 Å². The lowest BCUT2D eigenvalue weighted by Crippen LogP contribution is -2.55. The smallest absolute Gasteiger partial charge is 0.0335 e. The maximum absolute atomic E-state index is 6.25. The summed E-state index contributed by atoms with van der Waals surface area (Å²) in [6.45, 7) is 7.50. The number of hydrogen-bond acceptors (Lipinski definition) is 2. The van der Waals surface area contributed by atoms with Crippen molar-refractivity contribution in [2.75, 3.05) is 13.1 Å². The summed E-state index contributed by atoms with van der Waals surface area (Å²) in [5.74, 6) is 0.935. The Balaban J connectivity index is 2.04. The van der Waals surface area contributed by atoms with Gasteiger partial charge < -0.3 is 5.73 Å². The van der Waals surface area contributed by atoms with Crippen molar-refractivity contribution >= 4 is 0 Å². The van der Waals surface area contributed by atoms with Gasteiger partial charge in [-0.05, 0) is 43.7 Å². The molecule has 1 saturated carbocycles. The highest BCUT2D eigenvalue weighted by Gasteiger charge is 2.38. The minimum absolute atomic E-state index is 0.231. The summed E-state index contributed by atoms with van der Waals surface area (Å²) in [7, 11) is 0. The molecule has 1 aromatic rings. The van der Waals surface area contributed by atoms with Crippen LogP contribution in [0, 0.1) is 5.92 Å². The van der Waals surface area contributed by atoms with Crippen molar-refractivity contribution in [1.29, 1.82) is 0 Å². The predicted octanol–water partition coefficient (Wildman–Crippen LogP) is 4.20. The monoisotopic (exact) mass is 288 g/mol. The summed E-state index contributed by atoms with van der Waals surface area (Å²) in [6.07, 6.45) is 7.98. The highest BCUT2D eigenvalue weighted by molar-refractivity contribution is 5.15. The number of hydrogen-bond donors (Lipinski definition) is 1. The van der Waals surface area contributed by atoms with E-state index in [-0.39, 0.29) is 5.54 Å². The van der Waals surface area contributed by atoms with Crippen molar-refractivity contribution in [3.8, 4) is 0 Å². The summed E-state index contributed by atoms with van der Waals surface area (Å²) >= 11 is 0. The first kappa shape index (κ1) is 16.5. The van der Waals surface area contributed by atoms with E-state index in [1.54, 1.807) is 0 Å². The molecule has 0 spiro atoms. The molecule has 0 saturated heterocycles. The van der Waals surface area contributed by atoms with Crippen LogP contribution in [0.15, 0.2) is 30.3 Å². The van der Waals surface area contributed by atoms with Crippen LogP contribution in [-0.4, -0.2) is 23.5 Å². The number of nitrogens with two attached hydrogens (primary N) is 1. The van der Waals surface area contributed by atoms with Crippen molar-refractivity contribution in [2.45, 2.75) is 64.5 Å². The van der Waals surface area contributed by atoms with Crippen molar-refractivity contribution < 1.29 is 0 Å². The molecular weight excluding hydrogens is 256 g/mol. The maximum Gasteiger partial charge on any atom is 0.0335 e. The van der Waals surface area contributed by atoms with Gasteiger partial charge in [0.05, 0.1) is 0 Å². The van der Waals surface area contributed by atoms with Crippen LogP contribution < -0.4 is 5.73 Å². The summed E-state index contributed by atoms with van der Waals surface area (Å²) in [4.78, 5) is 2.63. The number of benzene rings is 1. The minimum atomic E-state index is 0.231. The van der Waals surface area contributed by atoms with Crippen LogP contribution in [0.5, 0.6) is 0 Å². The fourth-order valence-electron chi connectivity index (χ4n) is 3.98. The van der Waals surface area contributed by atoms with Gasteiger partial charge in [0, 0.05) is 18.6 Å². The second-order valence-electron chi connectivity index (χ2n) is 6.66. The third-order valence-electron chi connectivity index (χ3n) is 5.38. The molecule has 2 heteroatoms. The number of rotatable bonds is 7. The average Bonchev–Trinajstić information content (AvgIpc) is 2.55. The van der Waals surface area contributed by atoms with E-state index in [2.05, 4.69) is 49.1 Å². The molecule has 2 nitrogen and oxygen atoms in total. The highest BCUT2D eigenvalue weighted by atomic mass is 15.2. The molecular formula is C19H32N2. The first-order valence-electron chi connectivity index (χ1n) is 8.73. The Hall–Kier alpha value is -0.860. The van der Waals surface area contributed by atoms with Crippen LogP contribution in [0.25, 0.3) is 0 Å². The Bertz CT molecular complexity index is 393.